The van der Waals surface area contributed by atoms with Crippen molar-refractivity contribution in [2.45, 2.75) is 26.3 Å². The van der Waals surface area contributed by atoms with Crippen LogP contribution in [0.1, 0.15) is 24.0 Å². The number of anilines is 1. The molecule has 1 aliphatic rings. The highest BCUT2D eigenvalue weighted by Crippen LogP contribution is 2.21. The number of carbonyl (C=O) groups is 1. The number of rotatable bonds is 4. The Balaban J connectivity index is 1.64. The highest BCUT2D eigenvalue weighted by Gasteiger charge is 2.26. The van der Waals surface area contributed by atoms with E-state index in [-0.39, 0.29) is 17.4 Å². The molecule has 2 heterocycles. The van der Waals surface area contributed by atoms with Crippen LogP contribution in [0.4, 0.5) is 5.69 Å². The fourth-order valence-electron chi connectivity index (χ4n) is 3.34. The lowest BCUT2D eigenvalue weighted by Crippen LogP contribution is -2.40. The standard InChI is InChI=1S/C20H25N3O2/c1-15-11-19(24)22(2)14-18(15)21-20(25)17-9-6-10-23(13-17)12-16-7-4-3-5-8-16/h3-5,7-8,11,14,17H,6,9-10,12-13H2,1-2H3,(H,21,25)/t17-/m1/s1. The number of amides is 1. The summed E-state index contributed by atoms with van der Waals surface area (Å²) in [5.41, 5.74) is 2.72. The van der Waals surface area contributed by atoms with Crippen LogP contribution in [0.2, 0.25) is 0 Å². The molecular formula is C20H25N3O2. The van der Waals surface area contributed by atoms with E-state index in [1.54, 1.807) is 19.3 Å². The van der Waals surface area contributed by atoms with Gasteiger partial charge in [-0.25, -0.2) is 0 Å². The van der Waals surface area contributed by atoms with Crippen molar-refractivity contribution in [1.29, 1.82) is 0 Å². The zero-order valence-corrected chi connectivity index (χ0v) is 14.9. The lowest BCUT2D eigenvalue weighted by Gasteiger charge is -2.32. The second kappa shape index (κ2) is 7.66. The molecule has 0 saturated carbocycles. The van der Waals surface area contributed by atoms with Crippen molar-refractivity contribution in [2.75, 3.05) is 18.4 Å². The van der Waals surface area contributed by atoms with Crippen LogP contribution < -0.4 is 10.9 Å². The highest BCUT2D eigenvalue weighted by atomic mass is 16.2. The van der Waals surface area contributed by atoms with Gasteiger partial charge in [0, 0.05) is 32.4 Å². The van der Waals surface area contributed by atoms with Crippen LogP contribution in [0.25, 0.3) is 0 Å². The maximum atomic E-state index is 12.7. The number of nitrogens with one attached hydrogen (secondary N) is 1. The van der Waals surface area contributed by atoms with Crippen molar-refractivity contribution in [3.63, 3.8) is 0 Å². The number of hydrogen-bond donors (Lipinski definition) is 1. The first-order valence-electron chi connectivity index (χ1n) is 8.77. The van der Waals surface area contributed by atoms with Gasteiger partial charge in [-0.05, 0) is 37.4 Å². The lowest BCUT2D eigenvalue weighted by molar-refractivity contribution is -0.121. The van der Waals surface area contributed by atoms with Crippen molar-refractivity contribution >= 4 is 11.6 Å². The van der Waals surface area contributed by atoms with E-state index in [1.807, 2.05) is 25.1 Å². The van der Waals surface area contributed by atoms with Crippen LogP contribution in [0, 0.1) is 12.8 Å². The molecule has 2 aromatic rings. The van der Waals surface area contributed by atoms with Gasteiger partial charge in [-0.15, -0.1) is 0 Å². The van der Waals surface area contributed by atoms with Gasteiger partial charge in [-0.2, -0.15) is 0 Å². The summed E-state index contributed by atoms with van der Waals surface area (Å²) < 4.78 is 1.49. The lowest BCUT2D eigenvalue weighted by atomic mass is 9.96. The van der Waals surface area contributed by atoms with Crippen molar-refractivity contribution in [3.8, 4) is 0 Å². The molecule has 0 spiro atoms. The number of hydrogen-bond acceptors (Lipinski definition) is 3. The van der Waals surface area contributed by atoms with Gasteiger partial charge in [-0.3, -0.25) is 14.5 Å². The summed E-state index contributed by atoms with van der Waals surface area (Å²) in [7, 11) is 1.69. The number of piperidine rings is 1. The van der Waals surface area contributed by atoms with E-state index in [2.05, 4.69) is 22.3 Å². The van der Waals surface area contributed by atoms with Gasteiger partial charge in [-0.1, -0.05) is 30.3 Å². The fraction of sp³-hybridized carbons (Fsp3) is 0.400. The van der Waals surface area contributed by atoms with E-state index in [0.717, 1.165) is 38.0 Å². The Kier molecular flexibility index (Phi) is 5.34. The molecule has 1 amide bonds. The second-order valence-electron chi connectivity index (χ2n) is 6.87. The van der Waals surface area contributed by atoms with Gasteiger partial charge in [0.15, 0.2) is 0 Å². The molecule has 1 saturated heterocycles. The predicted octanol–water partition coefficient (Wildman–Crippen LogP) is 2.54. The van der Waals surface area contributed by atoms with Gasteiger partial charge >= 0.3 is 0 Å². The molecule has 1 N–H and O–H groups in total. The second-order valence-corrected chi connectivity index (χ2v) is 6.87. The molecule has 3 rings (SSSR count). The molecule has 5 nitrogen and oxygen atoms in total. The van der Waals surface area contributed by atoms with Gasteiger partial charge in [0.1, 0.15) is 0 Å². The Morgan fingerprint density at radius 1 is 1.28 bits per heavy atom. The molecule has 0 unspecified atom stereocenters. The molecule has 5 heteroatoms. The number of aryl methyl sites for hydroxylation is 2. The normalized spacial score (nSPS) is 18.1. The van der Waals surface area contributed by atoms with Crippen molar-refractivity contribution in [1.82, 2.24) is 9.47 Å². The molecular weight excluding hydrogens is 314 g/mol. The van der Waals surface area contributed by atoms with Crippen molar-refractivity contribution in [2.24, 2.45) is 13.0 Å². The topological polar surface area (TPSA) is 54.3 Å². The Hall–Kier alpha value is -2.40. The van der Waals surface area contributed by atoms with Crippen LogP contribution in [0.15, 0.2) is 47.4 Å². The molecule has 1 atom stereocenters. The van der Waals surface area contributed by atoms with Crippen LogP contribution in [-0.4, -0.2) is 28.5 Å². The fourth-order valence-corrected chi connectivity index (χ4v) is 3.34. The van der Waals surface area contributed by atoms with E-state index < -0.39 is 0 Å². The first-order chi connectivity index (χ1) is 12.0. The minimum absolute atomic E-state index is 0.0194. The monoisotopic (exact) mass is 339 g/mol. The first kappa shape index (κ1) is 17.4. The Labute approximate surface area is 148 Å². The average Bonchev–Trinajstić information content (AvgIpc) is 2.61. The van der Waals surface area contributed by atoms with Crippen LogP contribution >= 0.6 is 0 Å². The third kappa shape index (κ3) is 4.37. The Bertz CT molecular complexity index is 798. The van der Waals surface area contributed by atoms with E-state index in [9.17, 15) is 9.59 Å². The molecule has 0 radical (unpaired) electrons. The summed E-state index contributed by atoms with van der Waals surface area (Å²) in [6.07, 6.45) is 3.62. The van der Waals surface area contributed by atoms with Crippen LogP contribution in [0.3, 0.4) is 0 Å². The third-order valence-corrected chi connectivity index (χ3v) is 4.82. The average molecular weight is 339 g/mol. The molecule has 0 bridgehead atoms. The van der Waals surface area contributed by atoms with Crippen molar-refractivity contribution < 1.29 is 4.79 Å². The molecule has 1 aromatic carbocycles. The first-order valence-corrected chi connectivity index (χ1v) is 8.77. The van der Waals surface area contributed by atoms with Gasteiger partial charge in [0.25, 0.3) is 5.56 Å². The zero-order valence-electron chi connectivity index (χ0n) is 14.9. The highest BCUT2D eigenvalue weighted by molar-refractivity contribution is 5.93. The summed E-state index contributed by atoms with van der Waals surface area (Å²) >= 11 is 0. The number of carbonyl (C=O) groups excluding carboxylic acids is 1. The third-order valence-electron chi connectivity index (χ3n) is 4.82. The molecule has 25 heavy (non-hydrogen) atoms. The maximum absolute atomic E-state index is 12.7. The summed E-state index contributed by atoms with van der Waals surface area (Å²) in [4.78, 5) is 26.7. The summed E-state index contributed by atoms with van der Waals surface area (Å²) in [5, 5.41) is 3.01. The smallest absolute Gasteiger partial charge is 0.250 e. The molecule has 132 valence electrons. The zero-order chi connectivity index (χ0) is 17.8. The SMILES string of the molecule is Cc1cc(=O)n(C)cc1NC(=O)[C@@H]1CCCN(Cc2ccccc2)C1. The predicted molar refractivity (Wildman–Crippen MR) is 99.5 cm³/mol. The molecule has 1 aromatic heterocycles. The number of aromatic nitrogens is 1. The van der Waals surface area contributed by atoms with Crippen LogP contribution in [-0.2, 0) is 18.4 Å². The number of nitrogens with zero attached hydrogens (tertiary/aromatic N) is 2. The van der Waals surface area contributed by atoms with Crippen molar-refractivity contribution in [3.05, 3.63) is 64.1 Å². The molecule has 1 aliphatic heterocycles. The van der Waals surface area contributed by atoms with E-state index in [4.69, 9.17) is 0 Å². The Morgan fingerprint density at radius 3 is 2.80 bits per heavy atom. The summed E-state index contributed by atoms with van der Waals surface area (Å²) in [5.74, 6) is 0.0219. The number of pyridine rings is 1. The van der Waals surface area contributed by atoms with Gasteiger partial charge in [0.05, 0.1) is 11.6 Å². The summed E-state index contributed by atoms with van der Waals surface area (Å²) in [6.45, 7) is 4.52. The quantitative estimate of drug-likeness (QED) is 0.931. The number of likely N-dealkylation sites (tertiary alicyclic amines) is 1. The van der Waals surface area contributed by atoms with E-state index >= 15 is 0 Å². The Morgan fingerprint density at radius 2 is 2.04 bits per heavy atom. The van der Waals surface area contributed by atoms with Crippen LogP contribution in [0.5, 0.6) is 0 Å². The molecule has 1 fully saturated rings. The van der Waals surface area contributed by atoms with E-state index in [0.29, 0.717) is 5.69 Å². The summed E-state index contributed by atoms with van der Waals surface area (Å²) in [6, 6.07) is 11.9. The largest absolute Gasteiger partial charge is 0.324 e. The van der Waals surface area contributed by atoms with Gasteiger partial charge in [0.2, 0.25) is 5.91 Å². The van der Waals surface area contributed by atoms with E-state index in [1.165, 1.54) is 10.1 Å². The number of benzene rings is 1. The maximum Gasteiger partial charge on any atom is 0.250 e. The minimum Gasteiger partial charge on any atom is -0.324 e. The van der Waals surface area contributed by atoms with Gasteiger partial charge < -0.3 is 9.88 Å². The molecule has 0 aliphatic carbocycles. The minimum atomic E-state index is -0.0674.